The lowest BCUT2D eigenvalue weighted by atomic mass is 9.83. The van der Waals surface area contributed by atoms with E-state index in [1.165, 1.54) is 20.8 Å². The van der Waals surface area contributed by atoms with Crippen LogP contribution in [0.1, 0.15) is 54.2 Å². The Bertz CT molecular complexity index is 839. The molecule has 3 amide bonds. The number of benzene rings is 1. The van der Waals surface area contributed by atoms with Crippen molar-refractivity contribution >= 4 is 17.7 Å². The summed E-state index contributed by atoms with van der Waals surface area (Å²) in [7, 11) is 0. The van der Waals surface area contributed by atoms with Crippen LogP contribution in [0.15, 0.2) is 0 Å². The van der Waals surface area contributed by atoms with Crippen LogP contribution in [0.3, 0.4) is 0 Å². The number of carbonyl (C=O) groups excluding carboxylic acids is 3. The zero-order valence-corrected chi connectivity index (χ0v) is 19.4. The van der Waals surface area contributed by atoms with Crippen LogP contribution in [0.4, 0.5) is 39.5 Å². The van der Waals surface area contributed by atoms with Crippen molar-refractivity contribution in [3.05, 3.63) is 33.4 Å². The van der Waals surface area contributed by atoms with Crippen LogP contribution in [0.25, 0.3) is 0 Å². The molecule has 0 saturated heterocycles. The van der Waals surface area contributed by atoms with E-state index in [0.717, 1.165) is 0 Å². The quantitative estimate of drug-likeness (QED) is 0.418. The molecule has 0 radical (unpaired) electrons. The summed E-state index contributed by atoms with van der Waals surface area (Å²) in [5.41, 5.74) is 0.797. The number of amides is 3. The number of rotatable bonds is 9. The predicted molar refractivity (Wildman–Crippen MR) is 108 cm³/mol. The van der Waals surface area contributed by atoms with Gasteiger partial charge in [-0.05, 0) is 52.6 Å². The summed E-state index contributed by atoms with van der Waals surface area (Å²) in [6.45, 7) is 2.37. The molecule has 1 aromatic rings. The summed E-state index contributed by atoms with van der Waals surface area (Å²) in [5.74, 6) is -6.90. The monoisotopic (exact) mass is 537 g/mol. The summed E-state index contributed by atoms with van der Waals surface area (Å²) in [4.78, 5) is 34.1. The number of hydrogen-bond acceptors (Lipinski definition) is 3. The van der Waals surface area contributed by atoms with Gasteiger partial charge in [0.05, 0.1) is 0 Å². The molecule has 0 fully saturated rings. The van der Waals surface area contributed by atoms with Crippen molar-refractivity contribution in [2.24, 2.45) is 0 Å². The van der Waals surface area contributed by atoms with Gasteiger partial charge in [-0.2, -0.15) is 39.5 Å². The Morgan fingerprint density at radius 3 is 0.806 bits per heavy atom. The Morgan fingerprint density at radius 2 is 0.667 bits per heavy atom. The summed E-state index contributed by atoms with van der Waals surface area (Å²) in [6, 6.07) is 0. The Balaban J connectivity index is 3.72. The molecule has 0 aliphatic heterocycles. The second-order valence-electron chi connectivity index (χ2n) is 7.47. The van der Waals surface area contributed by atoms with Gasteiger partial charge in [-0.1, -0.05) is 20.8 Å². The first-order chi connectivity index (χ1) is 16.4. The second-order valence-corrected chi connectivity index (χ2v) is 7.47. The minimum atomic E-state index is -5.24. The van der Waals surface area contributed by atoms with E-state index in [2.05, 4.69) is 0 Å². The molecule has 1 rings (SSSR count). The van der Waals surface area contributed by atoms with Crippen LogP contribution < -0.4 is 16.0 Å². The third-order valence-electron chi connectivity index (χ3n) is 5.30. The molecule has 0 heterocycles. The molecular weight excluding hydrogens is 513 g/mol. The summed E-state index contributed by atoms with van der Waals surface area (Å²) < 4.78 is 114. The highest BCUT2D eigenvalue weighted by Crippen LogP contribution is 2.32. The molecule has 0 spiro atoms. The van der Waals surface area contributed by atoms with Crippen LogP contribution in [-0.2, 0) is 53.3 Å². The Labute approximate surface area is 200 Å². The average molecular weight is 537 g/mol. The van der Waals surface area contributed by atoms with Gasteiger partial charge < -0.3 is 16.0 Å². The molecule has 204 valence electrons. The van der Waals surface area contributed by atoms with Crippen molar-refractivity contribution in [2.45, 2.75) is 78.2 Å². The summed E-state index contributed by atoms with van der Waals surface area (Å²) in [6.07, 6.45) is -15.6. The maximum atomic E-state index is 12.7. The Morgan fingerprint density at radius 1 is 0.472 bits per heavy atom. The summed E-state index contributed by atoms with van der Waals surface area (Å²) >= 11 is 0. The normalized spacial score (nSPS) is 12.3. The van der Waals surface area contributed by atoms with Gasteiger partial charge in [0.15, 0.2) is 0 Å². The fourth-order valence-corrected chi connectivity index (χ4v) is 3.82. The van der Waals surface area contributed by atoms with E-state index >= 15 is 0 Å². The van der Waals surface area contributed by atoms with Gasteiger partial charge in [0.2, 0.25) is 0 Å². The Kier molecular flexibility index (Phi) is 10.2. The van der Waals surface area contributed by atoms with Crippen LogP contribution in [0, 0.1) is 0 Å². The fourth-order valence-electron chi connectivity index (χ4n) is 3.82. The molecule has 0 atom stereocenters. The standard InChI is InChI=1S/C21H24F9N3O3/c1-4-10-13(7-31-16(34)19(22,23)24)11(5-2)15(9-33-18(36)21(28,29)30)12(6-3)14(10)8-32-17(35)20(25,26)27/h4-9H2,1-3H3,(H,31,34)(H,32,35)(H,33,36). The van der Waals surface area contributed by atoms with E-state index in [4.69, 9.17) is 0 Å². The van der Waals surface area contributed by atoms with Gasteiger partial charge in [0.25, 0.3) is 0 Å². The average Bonchev–Trinajstić information content (AvgIpc) is 2.76. The SMILES string of the molecule is CCc1c(CNC(=O)C(F)(F)F)c(CC)c(CNC(=O)C(F)(F)F)c(CC)c1CNC(=O)C(F)(F)F. The molecule has 0 aliphatic rings. The van der Waals surface area contributed by atoms with E-state index in [0.29, 0.717) is 0 Å². The number of halogens is 9. The number of nitrogens with one attached hydrogen (secondary N) is 3. The van der Waals surface area contributed by atoms with Gasteiger partial charge in [-0.25, -0.2) is 0 Å². The minimum Gasteiger partial charge on any atom is -0.344 e. The van der Waals surface area contributed by atoms with Crippen molar-refractivity contribution in [2.75, 3.05) is 0 Å². The minimum absolute atomic E-state index is 0.0438. The van der Waals surface area contributed by atoms with Crippen molar-refractivity contribution in [1.82, 2.24) is 16.0 Å². The molecule has 0 unspecified atom stereocenters. The molecule has 0 bridgehead atoms. The van der Waals surface area contributed by atoms with Gasteiger partial charge in [0.1, 0.15) is 0 Å². The third kappa shape index (κ3) is 7.75. The highest BCUT2D eigenvalue weighted by Gasteiger charge is 2.40. The van der Waals surface area contributed by atoms with E-state index < -0.39 is 55.9 Å². The van der Waals surface area contributed by atoms with Gasteiger partial charge in [0, 0.05) is 19.6 Å². The lowest BCUT2D eigenvalue weighted by molar-refractivity contribution is -0.173. The van der Waals surface area contributed by atoms with Gasteiger partial charge >= 0.3 is 36.3 Å². The number of hydrogen-bond donors (Lipinski definition) is 3. The molecule has 6 nitrogen and oxygen atoms in total. The first kappa shape index (κ1) is 31.0. The lowest BCUT2D eigenvalue weighted by Gasteiger charge is -2.27. The van der Waals surface area contributed by atoms with Crippen LogP contribution >= 0.6 is 0 Å². The molecule has 0 saturated carbocycles. The van der Waals surface area contributed by atoms with Crippen molar-refractivity contribution in [3.63, 3.8) is 0 Å². The second kappa shape index (κ2) is 11.8. The van der Waals surface area contributed by atoms with Gasteiger partial charge in [-0.15, -0.1) is 0 Å². The molecule has 0 aliphatic carbocycles. The van der Waals surface area contributed by atoms with E-state index in [-0.39, 0.29) is 52.6 Å². The number of alkyl halides is 9. The molecule has 15 heteroatoms. The van der Waals surface area contributed by atoms with Crippen molar-refractivity contribution in [1.29, 1.82) is 0 Å². The van der Waals surface area contributed by atoms with Crippen LogP contribution in [0.2, 0.25) is 0 Å². The van der Waals surface area contributed by atoms with Crippen molar-refractivity contribution < 1.29 is 53.9 Å². The highest BCUT2D eigenvalue weighted by molar-refractivity contribution is 5.83. The van der Waals surface area contributed by atoms with Crippen LogP contribution in [0.5, 0.6) is 0 Å². The molecule has 36 heavy (non-hydrogen) atoms. The molecular formula is C21H24F9N3O3. The van der Waals surface area contributed by atoms with E-state index in [9.17, 15) is 53.9 Å². The van der Waals surface area contributed by atoms with Crippen molar-refractivity contribution in [3.8, 4) is 0 Å². The molecule has 1 aromatic carbocycles. The first-order valence-corrected chi connectivity index (χ1v) is 10.6. The van der Waals surface area contributed by atoms with E-state index in [1.54, 1.807) is 16.0 Å². The maximum absolute atomic E-state index is 12.7. The smallest absolute Gasteiger partial charge is 0.344 e. The summed E-state index contributed by atoms with van der Waals surface area (Å²) in [5, 5.41) is 4.98. The lowest BCUT2D eigenvalue weighted by Crippen LogP contribution is -2.39. The topological polar surface area (TPSA) is 87.3 Å². The Hall–Kier alpha value is -3.00. The fraction of sp³-hybridized carbons (Fsp3) is 0.571. The maximum Gasteiger partial charge on any atom is 0.471 e. The largest absolute Gasteiger partial charge is 0.471 e. The van der Waals surface area contributed by atoms with Crippen LogP contribution in [-0.4, -0.2) is 36.3 Å². The zero-order valence-electron chi connectivity index (χ0n) is 19.4. The number of carbonyl (C=O) groups is 3. The molecule has 3 N–H and O–H groups in total. The highest BCUT2D eigenvalue weighted by atomic mass is 19.4. The first-order valence-electron chi connectivity index (χ1n) is 10.6. The predicted octanol–water partition coefficient (Wildman–Crippen LogP) is 3.91. The zero-order chi connectivity index (χ0) is 28.1. The van der Waals surface area contributed by atoms with Gasteiger partial charge in [-0.3, -0.25) is 14.4 Å². The van der Waals surface area contributed by atoms with E-state index in [1.807, 2.05) is 0 Å². The molecule has 0 aromatic heterocycles. The third-order valence-corrected chi connectivity index (χ3v) is 5.30.